The predicted octanol–water partition coefficient (Wildman–Crippen LogP) is 16.2. The topological polar surface area (TPSA) is 321 Å². The van der Waals surface area contributed by atoms with Crippen molar-refractivity contribution in [2.45, 2.75) is 233 Å². The third kappa shape index (κ3) is 30.0. The zero-order valence-corrected chi connectivity index (χ0v) is 64.8. The fourth-order valence-electron chi connectivity index (χ4n) is 11.3. The average Bonchev–Trinajstić information content (AvgIpc) is 0.743. The van der Waals surface area contributed by atoms with Crippen molar-refractivity contribution in [1.29, 1.82) is 0 Å². The van der Waals surface area contributed by atoms with Crippen LogP contribution in [0.15, 0.2) is 60.7 Å². The molecule has 2 unspecified atom stereocenters. The molecule has 2 fully saturated rings. The molecule has 0 spiro atoms. The molecule has 0 saturated heterocycles. The lowest BCUT2D eigenvalue weighted by Crippen LogP contribution is -2.48. The number of benzene rings is 4. The number of carbonyl (C=O) groups is 8. The summed E-state index contributed by atoms with van der Waals surface area (Å²) in [6, 6.07) is 15.8. The van der Waals surface area contributed by atoms with Gasteiger partial charge in [-0.3, -0.25) is 29.3 Å². The number of hydrogen-bond donors (Lipinski definition) is 3. The van der Waals surface area contributed by atoms with Gasteiger partial charge in [0.25, 0.3) is 23.6 Å². The highest BCUT2D eigenvalue weighted by molar-refractivity contribution is 7.88. The Morgan fingerprint density at radius 3 is 1.28 bits per heavy atom. The molecule has 4 radical (unpaired) electrons. The summed E-state index contributed by atoms with van der Waals surface area (Å²) in [4.78, 5) is 98.9. The van der Waals surface area contributed by atoms with E-state index in [0.29, 0.717) is 60.9 Å². The van der Waals surface area contributed by atoms with Crippen LogP contribution in [-0.2, 0) is 53.3 Å². The lowest BCUT2D eigenvalue weighted by atomic mass is 9.81. The van der Waals surface area contributed by atoms with E-state index in [1.165, 1.54) is 36.4 Å². The standard InChI is InChI=1S/C28H31F2NO10S.C18H17NO6.C10H15F3O4S.C8H19N.C3H9ClSi.CH2Cl2.2CH4.B2/c1-2-3-12-22(26(34)35)40-19-15-18-10-7-11-20-23(18)21(16-19)25(33)31(24(20)32)41-42(37,38)28(29,30)27(36)39-14-13-17-8-5-4-6-9-17;1-2-3-7-14(18(22)23)25-11-8-10-5-4-6-12-15(10)13(9-11)17(21)19(24)16(12)20;11-10(12,18(13,15)16)9(14)17-7-6-8-4-2-1-3-5-8;1-6-9(7(2)3)8(4)5;1-5(2,3)4;2-1-3;;;1-2/h7,10-11,15-17,22H,2-6,8-9,12-14H2,1H3,(H,34,35);4-6,8-9,14,24H,2-3,7H2,1H3,(H,22,23);8H,1-7H2;7-8H,6H2,1-5H3;1-3H3;1H2;2*1H4;. The summed E-state index contributed by atoms with van der Waals surface area (Å²) in [7, 11) is -5.64. The van der Waals surface area contributed by atoms with Gasteiger partial charge in [-0.15, -0.1) is 37.6 Å². The van der Waals surface area contributed by atoms with Crippen LogP contribution in [0.25, 0.3) is 21.5 Å². The summed E-state index contributed by atoms with van der Waals surface area (Å²) < 4.78 is 136. The van der Waals surface area contributed by atoms with Gasteiger partial charge in [-0.1, -0.05) is 160 Å². The zero-order chi connectivity index (χ0) is 79.3. The van der Waals surface area contributed by atoms with Crippen molar-refractivity contribution >= 4 is 147 Å². The lowest BCUT2D eigenvalue weighted by molar-refractivity contribution is -0.163. The number of imide groups is 2. The van der Waals surface area contributed by atoms with E-state index in [0.717, 1.165) is 83.2 Å². The van der Waals surface area contributed by atoms with Gasteiger partial charge in [0.05, 0.1) is 40.8 Å². The second kappa shape index (κ2) is 47.0. The third-order valence-corrected chi connectivity index (χ3v) is 18.2. The van der Waals surface area contributed by atoms with Gasteiger partial charge in [-0.25, -0.2) is 19.2 Å². The van der Waals surface area contributed by atoms with Crippen LogP contribution in [0.2, 0.25) is 19.6 Å². The van der Waals surface area contributed by atoms with E-state index in [1.807, 2.05) is 13.8 Å². The van der Waals surface area contributed by atoms with E-state index in [4.69, 9.17) is 43.8 Å². The van der Waals surface area contributed by atoms with Crippen LogP contribution in [0, 0.1) is 11.8 Å². The van der Waals surface area contributed by atoms with E-state index < -0.39 is 105 Å². The fourth-order valence-corrected chi connectivity index (χ4v) is 12.3. The average molecular weight is 1620 g/mol. The number of carboxylic acids is 2. The molecule has 4 amide bonds. The van der Waals surface area contributed by atoms with Crippen LogP contribution in [0.4, 0.5) is 21.4 Å². The quantitative estimate of drug-likeness (QED) is 0.00730. The van der Waals surface area contributed by atoms with Crippen molar-refractivity contribution < 1.29 is 115 Å². The zero-order valence-electron chi connectivity index (χ0n) is 59.9. The fraction of sp³-hybridized carbons (Fsp3) is 0.600. The molecule has 4 aliphatic rings. The van der Waals surface area contributed by atoms with Crippen LogP contribution >= 0.6 is 34.3 Å². The lowest BCUT2D eigenvalue weighted by Gasteiger charge is -2.28. The number of halogens is 8. The summed E-state index contributed by atoms with van der Waals surface area (Å²) in [5.74, 6) is -10.9. The molecule has 106 heavy (non-hydrogen) atoms. The second-order valence-electron chi connectivity index (χ2n) is 25.8. The van der Waals surface area contributed by atoms with Gasteiger partial charge in [-0.05, 0) is 132 Å². The van der Waals surface area contributed by atoms with E-state index in [1.54, 1.807) is 18.2 Å². The molecule has 4 aromatic rings. The number of carboxylic acid groups (broad SMARTS) is 2. The number of esters is 2. The Morgan fingerprint density at radius 1 is 0.613 bits per heavy atom. The van der Waals surface area contributed by atoms with E-state index in [2.05, 4.69) is 88.4 Å². The Hall–Kier alpha value is -6.19. The molecule has 2 saturated carbocycles. The largest absolute Gasteiger partial charge is 0.479 e. The van der Waals surface area contributed by atoms with Crippen molar-refractivity contribution in [3.63, 3.8) is 0 Å². The molecule has 594 valence electrons. The number of ether oxygens (including phenoxy) is 4. The first-order valence-electron chi connectivity index (χ1n) is 33.8. The molecule has 2 heterocycles. The smallest absolute Gasteiger partial charge is 0.470 e. The molecular weight excluding hydrogens is 1520 g/mol. The van der Waals surface area contributed by atoms with Crippen molar-refractivity contribution in [3.8, 4) is 11.5 Å². The number of alkyl halides is 6. The number of amides is 4. The number of carbonyl (C=O) groups excluding carboxylic acids is 6. The Balaban J connectivity index is 0.00000146. The van der Waals surface area contributed by atoms with Crippen molar-refractivity contribution in [2.75, 3.05) is 25.1 Å². The monoisotopic (exact) mass is 1620 g/mol. The van der Waals surface area contributed by atoms with Crippen LogP contribution in [0.1, 0.15) is 220 Å². The summed E-state index contributed by atoms with van der Waals surface area (Å²) in [6.07, 6.45) is 11.5. The molecule has 2 aliphatic heterocycles. The first kappa shape index (κ1) is 99.8. The Bertz CT molecular complexity index is 3750. The number of hydrogen-bond acceptors (Lipinski definition) is 19. The van der Waals surface area contributed by atoms with Gasteiger partial charge in [0.2, 0.25) is 0 Å². The molecule has 36 heteroatoms. The van der Waals surface area contributed by atoms with Crippen molar-refractivity contribution in [3.05, 3.63) is 82.9 Å². The summed E-state index contributed by atoms with van der Waals surface area (Å²) in [6.45, 7) is 21.7. The minimum atomic E-state index is -6.26. The molecule has 2 atom stereocenters. The van der Waals surface area contributed by atoms with Crippen LogP contribution in [0.3, 0.4) is 0 Å². The number of rotatable bonds is 27. The normalized spacial score (nSPS) is 15.1. The van der Waals surface area contributed by atoms with E-state index in [9.17, 15) is 92.1 Å². The van der Waals surface area contributed by atoms with Crippen LogP contribution < -0.4 is 9.47 Å². The first-order valence-corrected chi connectivity index (χ1v) is 42.2. The van der Waals surface area contributed by atoms with E-state index >= 15 is 0 Å². The highest BCUT2D eigenvalue weighted by atomic mass is 35.6. The highest BCUT2D eigenvalue weighted by Gasteiger charge is 2.59. The minimum Gasteiger partial charge on any atom is -0.479 e. The molecule has 0 bridgehead atoms. The minimum absolute atomic E-state index is 0. The van der Waals surface area contributed by atoms with Gasteiger partial charge in [-0.2, -0.15) is 45.5 Å². The molecule has 8 rings (SSSR count). The molecule has 23 nitrogen and oxygen atoms in total. The third-order valence-electron chi connectivity index (χ3n) is 16.3. The highest BCUT2D eigenvalue weighted by Crippen LogP contribution is 2.38. The molecule has 0 aromatic heterocycles. The maximum atomic E-state index is 14.8. The summed E-state index contributed by atoms with van der Waals surface area (Å²) >= 11 is 15.2. The number of unbranched alkanes of at least 4 members (excludes halogenated alkanes) is 2. The maximum Gasteiger partial charge on any atom is 0.470 e. The summed E-state index contributed by atoms with van der Waals surface area (Å²) in [5, 5.41) is 19.4. The summed E-state index contributed by atoms with van der Waals surface area (Å²) in [5.41, 5.74) is -0.291. The SMILES string of the molecule is C.C.CCCCC(Oc1cc2c3c(cccc3c1)C(=O)N(O)C2=O)C(=O)O.CCCCC(Oc1cc2c3c(cccc3c1)C(=O)N(OS(=O)(=O)C(F)(F)C(=O)OCCC1CCCCC1)C2=O)C(=O)O.CCN(C(C)C)C(C)C.C[Si](C)(C)Cl.ClCCl.O=C(OCCC1CCCCC1)C(F)(F)S(=O)(=O)F.[B][B]. The Kier molecular flexibility index (Phi) is 44.3. The number of nitrogens with zero attached hydrogens (tertiary/aromatic N) is 3. The number of hydroxylamine groups is 4. The molecule has 2 aliphatic carbocycles. The van der Waals surface area contributed by atoms with Gasteiger partial charge >= 0.3 is 54.7 Å². The first-order chi connectivity index (χ1) is 48.6. The molecule has 4 aromatic carbocycles. The van der Waals surface area contributed by atoms with Gasteiger partial charge in [0.15, 0.2) is 12.2 Å². The van der Waals surface area contributed by atoms with Gasteiger partial charge in [0.1, 0.15) is 18.9 Å². The van der Waals surface area contributed by atoms with E-state index in [-0.39, 0.29) is 100 Å². The van der Waals surface area contributed by atoms with Crippen molar-refractivity contribution in [2.24, 2.45) is 11.8 Å². The number of aliphatic carboxylic acids is 2. The Labute approximate surface area is 637 Å². The van der Waals surface area contributed by atoms with Gasteiger partial charge in [0, 0.05) is 38.3 Å². The second-order valence-corrected chi connectivity index (χ2v) is 37.1. The van der Waals surface area contributed by atoms with Crippen molar-refractivity contribution in [1.82, 2.24) is 15.0 Å². The molecular formula is C70H101B2Cl3F5N3O20S2Si. The Morgan fingerprint density at radius 2 is 0.953 bits per heavy atom. The predicted molar refractivity (Wildman–Crippen MR) is 401 cm³/mol. The molecule has 3 N–H and O–H groups in total. The van der Waals surface area contributed by atoms with Gasteiger partial charge < -0.3 is 29.2 Å². The van der Waals surface area contributed by atoms with Crippen LogP contribution in [-0.4, -0.2) is 178 Å². The van der Waals surface area contributed by atoms with Crippen LogP contribution in [0.5, 0.6) is 11.5 Å². The maximum absolute atomic E-state index is 14.8.